The summed E-state index contributed by atoms with van der Waals surface area (Å²) in [5, 5.41) is 0. The van der Waals surface area contributed by atoms with Gasteiger partial charge in [-0.05, 0) is 57.9 Å². The van der Waals surface area contributed by atoms with Crippen molar-refractivity contribution >= 4 is 5.57 Å². The highest BCUT2D eigenvalue weighted by Crippen LogP contribution is 2.33. The lowest BCUT2D eigenvalue weighted by Crippen LogP contribution is -2.03. The van der Waals surface area contributed by atoms with Crippen molar-refractivity contribution in [1.82, 2.24) is 0 Å². The molecule has 1 heteroatoms. The van der Waals surface area contributed by atoms with E-state index in [-0.39, 0.29) is 0 Å². The fourth-order valence-corrected chi connectivity index (χ4v) is 3.36. The molecule has 0 radical (unpaired) electrons. The molecule has 0 fully saturated rings. The molecule has 26 heavy (non-hydrogen) atoms. The highest BCUT2D eigenvalue weighted by atomic mass is 16.5. The van der Waals surface area contributed by atoms with Crippen molar-refractivity contribution in [2.24, 2.45) is 0 Å². The van der Waals surface area contributed by atoms with Gasteiger partial charge in [-0.15, -0.1) is 0 Å². The van der Waals surface area contributed by atoms with Crippen LogP contribution in [0.1, 0.15) is 47.6 Å². The molecular weight excluding hydrogens is 316 g/mol. The van der Waals surface area contributed by atoms with Crippen molar-refractivity contribution in [3.8, 4) is 5.75 Å². The fourth-order valence-electron chi connectivity index (χ4n) is 3.36. The Bertz CT molecular complexity index is 874. The summed E-state index contributed by atoms with van der Waals surface area (Å²) >= 11 is 0. The highest BCUT2D eigenvalue weighted by molar-refractivity contribution is 5.82. The van der Waals surface area contributed by atoms with Crippen LogP contribution in [0.3, 0.4) is 0 Å². The normalized spacial score (nSPS) is 10.8. The summed E-state index contributed by atoms with van der Waals surface area (Å²) in [7, 11) is 1.70. The fraction of sp³-hybridized carbons (Fsp3) is 0.200. The zero-order chi connectivity index (χ0) is 18.5. The van der Waals surface area contributed by atoms with Crippen LogP contribution in [0.15, 0.2) is 79.4 Å². The largest absolute Gasteiger partial charge is 0.497 e. The van der Waals surface area contributed by atoms with Crippen molar-refractivity contribution in [3.05, 3.63) is 107 Å². The molecule has 0 aliphatic carbocycles. The lowest BCUT2D eigenvalue weighted by molar-refractivity contribution is 0.414. The van der Waals surface area contributed by atoms with Gasteiger partial charge in [-0.25, -0.2) is 0 Å². The van der Waals surface area contributed by atoms with Crippen molar-refractivity contribution in [2.45, 2.75) is 26.2 Å². The van der Waals surface area contributed by atoms with Crippen LogP contribution in [0.2, 0.25) is 0 Å². The molecule has 0 heterocycles. The number of rotatable bonds is 6. The predicted molar refractivity (Wildman–Crippen MR) is 111 cm³/mol. The second-order valence-electron chi connectivity index (χ2n) is 6.91. The van der Waals surface area contributed by atoms with Gasteiger partial charge in [0.25, 0.3) is 0 Å². The molecule has 3 rings (SSSR count). The van der Waals surface area contributed by atoms with E-state index >= 15 is 0 Å². The third-order valence-corrected chi connectivity index (χ3v) is 4.78. The Morgan fingerprint density at radius 2 is 1.58 bits per heavy atom. The maximum Gasteiger partial charge on any atom is 0.118 e. The molecule has 1 nitrogen and oxygen atoms in total. The van der Waals surface area contributed by atoms with E-state index < -0.39 is 0 Å². The molecule has 0 N–H and O–H groups in total. The molecule has 0 spiro atoms. The Balaban J connectivity index is 2.04. The van der Waals surface area contributed by atoms with Crippen molar-refractivity contribution in [1.29, 1.82) is 0 Å². The minimum atomic E-state index is 0.446. The summed E-state index contributed by atoms with van der Waals surface area (Å²) in [6.45, 7) is 8.94. The van der Waals surface area contributed by atoms with E-state index in [2.05, 4.69) is 75.0 Å². The van der Waals surface area contributed by atoms with Crippen molar-refractivity contribution in [3.63, 3.8) is 0 Å². The van der Waals surface area contributed by atoms with E-state index in [0.717, 1.165) is 17.7 Å². The van der Waals surface area contributed by atoms with E-state index in [1.807, 2.05) is 18.2 Å². The third kappa shape index (κ3) is 3.88. The summed E-state index contributed by atoms with van der Waals surface area (Å²) in [4.78, 5) is 0. The van der Waals surface area contributed by atoms with Crippen LogP contribution in [0.25, 0.3) is 5.57 Å². The molecule has 3 aromatic rings. The Morgan fingerprint density at radius 1 is 0.885 bits per heavy atom. The number of ether oxygens (including phenoxy) is 1. The Kier molecular flexibility index (Phi) is 5.58. The van der Waals surface area contributed by atoms with Crippen LogP contribution in [-0.2, 0) is 6.42 Å². The van der Waals surface area contributed by atoms with Crippen LogP contribution in [0, 0.1) is 0 Å². The number of hydrogen-bond acceptors (Lipinski definition) is 1. The summed E-state index contributed by atoms with van der Waals surface area (Å²) in [5.41, 5.74) is 7.49. The molecule has 0 bridgehead atoms. The molecular formula is C25H26O. The second-order valence-corrected chi connectivity index (χ2v) is 6.91. The monoisotopic (exact) mass is 342 g/mol. The Hall–Kier alpha value is -2.80. The van der Waals surface area contributed by atoms with Crippen LogP contribution >= 0.6 is 0 Å². The van der Waals surface area contributed by atoms with Gasteiger partial charge in [0, 0.05) is 0 Å². The van der Waals surface area contributed by atoms with Gasteiger partial charge < -0.3 is 4.74 Å². The van der Waals surface area contributed by atoms with Gasteiger partial charge in [0.2, 0.25) is 0 Å². The first kappa shape index (κ1) is 18.0. The van der Waals surface area contributed by atoms with Crippen molar-refractivity contribution in [2.75, 3.05) is 7.11 Å². The first-order chi connectivity index (χ1) is 12.6. The summed E-state index contributed by atoms with van der Waals surface area (Å²) < 4.78 is 5.28. The molecule has 0 aliphatic heterocycles. The maximum absolute atomic E-state index is 5.28. The number of hydrogen-bond donors (Lipinski definition) is 0. The molecule has 0 unspecified atom stereocenters. The van der Waals surface area contributed by atoms with Gasteiger partial charge in [0.05, 0.1) is 7.11 Å². The summed E-state index contributed by atoms with van der Waals surface area (Å²) in [6, 6.07) is 25.4. The molecule has 3 aromatic carbocycles. The molecule has 0 aliphatic rings. The Morgan fingerprint density at radius 3 is 2.19 bits per heavy atom. The summed E-state index contributed by atoms with van der Waals surface area (Å²) in [6.07, 6.45) is 0.881. The first-order valence-electron chi connectivity index (χ1n) is 9.09. The number of benzene rings is 3. The lowest BCUT2D eigenvalue weighted by Gasteiger charge is -2.20. The molecule has 132 valence electrons. The average molecular weight is 342 g/mol. The van der Waals surface area contributed by atoms with Gasteiger partial charge in [0.15, 0.2) is 0 Å². The van der Waals surface area contributed by atoms with Gasteiger partial charge in [-0.3, -0.25) is 0 Å². The second kappa shape index (κ2) is 8.05. The number of methoxy groups -OCH3 is 1. The van der Waals surface area contributed by atoms with E-state index in [1.54, 1.807) is 7.11 Å². The van der Waals surface area contributed by atoms with E-state index in [1.165, 1.54) is 27.8 Å². The molecule has 0 atom stereocenters. The highest BCUT2D eigenvalue weighted by Gasteiger charge is 2.15. The van der Waals surface area contributed by atoms with Gasteiger partial charge >= 0.3 is 0 Å². The predicted octanol–water partition coefficient (Wildman–Crippen LogP) is 6.47. The molecule has 0 saturated heterocycles. The zero-order valence-corrected chi connectivity index (χ0v) is 15.8. The lowest BCUT2D eigenvalue weighted by atomic mass is 9.85. The SMILES string of the molecule is C=C(c1ccccc1)c1c(Cc2ccc(OC)cc2)cccc1C(C)C. The topological polar surface area (TPSA) is 9.23 Å². The first-order valence-corrected chi connectivity index (χ1v) is 9.09. The summed E-state index contributed by atoms with van der Waals surface area (Å²) in [5.74, 6) is 1.33. The van der Waals surface area contributed by atoms with Gasteiger partial charge in [-0.2, -0.15) is 0 Å². The molecule has 0 aromatic heterocycles. The quantitative estimate of drug-likeness (QED) is 0.499. The van der Waals surface area contributed by atoms with E-state index in [4.69, 9.17) is 4.74 Å². The van der Waals surface area contributed by atoms with E-state index in [0.29, 0.717) is 5.92 Å². The maximum atomic E-state index is 5.28. The smallest absolute Gasteiger partial charge is 0.118 e. The Labute approximate surface area is 157 Å². The standard InChI is InChI=1S/C25H26O/c1-18(2)24-12-8-11-22(17-20-13-15-23(26-4)16-14-20)25(24)19(3)21-9-6-5-7-10-21/h5-16,18H,3,17H2,1-2,4H3. The van der Waals surface area contributed by atoms with Crippen LogP contribution < -0.4 is 4.74 Å². The third-order valence-electron chi connectivity index (χ3n) is 4.78. The van der Waals surface area contributed by atoms with Gasteiger partial charge in [0.1, 0.15) is 5.75 Å². The van der Waals surface area contributed by atoms with Crippen LogP contribution in [0.5, 0.6) is 5.75 Å². The molecule has 0 amide bonds. The molecule has 0 saturated carbocycles. The average Bonchev–Trinajstić information content (AvgIpc) is 2.68. The minimum Gasteiger partial charge on any atom is -0.497 e. The zero-order valence-electron chi connectivity index (χ0n) is 15.8. The van der Waals surface area contributed by atoms with Crippen molar-refractivity contribution < 1.29 is 4.74 Å². The van der Waals surface area contributed by atoms with Crippen LogP contribution in [-0.4, -0.2) is 7.11 Å². The van der Waals surface area contributed by atoms with Gasteiger partial charge in [-0.1, -0.05) is 81.1 Å². The van der Waals surface area contributed by atoms with Crippen LogP contribution in [0.4, 0.5) is 0 Å². The van der Waals surface area contributed by atoms with E-state index in [9.17, 15) is 0 Å². The minimum absolute atomic E-state index is 0.446.